The van der Waals surface area contributed by atoms with Crippen LogP contribution in [0.15, 0.2) is 60.8 Å². The van der Waals surface area contributed by atoms with E-state index in [1.54, 1.807) is 36.2 Å². The lowest BCUT2D eigenvalue weighted by atomic mass is 9.97. The van der Waals surface area contributed by atoms with Crippen LogP contribution in [0.4, 0.5) is 13.2 Å². The molecule has 0 saturated carbocycles. The highest BCUT2D eigenvalue weighted by atomic mass is 19.4. The number of carbonyl (C=O) groups is 2. The van der Waals surface area contributed by atoms with Gasteiger partial charge in [-0.2, -0.15) is 18.3 Å². The van der Waals surface area contributed by atoms with Crippen molar-refractivity contribution in [1.82, 2.24) is 19.7 Å². The molecule has 0 spiro atoms. The molecule has 0 bridgehead atoms. The Balaban J connectivity index is 1.47. The fourth-order valence-corrected chi connectivity index (χ4v) is 4.52. The molecule has 0 radical (unpaired) electrons. The number of carboxylic acids is 1. The van der Waals surface area contributed by atoms with E-state index in [4.69, 9.17) is 4.74 Å². The summed E-state index contributed by atoms with van der Waals surface area (Å²) in [7, 11) is 1.77. The molecular formula is C28H23F3N4O4. The van der Waals surface area contributed by atoms with E-state index in [2.05, 4.69) is 10.1 Å². The van der Waals surface area contributed by atoms with Crippen molar-refractivity contribution in [3.8, 4) is 22.8 Å². The predicted molar refractivity (Wildman–Crippen MR) is 135 cm³/mol. The molecule has 4 aromatic rings. The highest BCUT2D eigenvalue weighted by Crippen LogP contribution is 2.35. The van der Waals surface area contributed by atoms with E-state index in [0.717, 1.165) is 23.1 Å². The smallest absolute Gasteiger partial charge is 0.434 e. The van der Waals surface area contributed by atoms with Gasteiger partial charge in [-0.15, -0.1) is 0 Å². The molecule has 3 heterocycles. The maximum Gasteiger partial charge on any atom is 0.434 e. The van der Waals surface area contributed by atoms with Crippen molar-refractivity contribution in [2.24, 2.45) is 0 Å². The number of fused-ring (bicyclic) bond motifs is 1. The topological polar surface area (TPSA) is 97.6 Å². The molecule has 5 rings (SSSR count). The van der Waals surface area contributed by atoms with Crippen molar-refractivity contribution in [2.75, 3.05) is 13.6 Å². The van der Waals surface area contributed by atoms with Gasteiger partial charge in [0.05, 0.1) is 11.9 Å². The predicted octanol–water partition coefficient (Wildman–Crippen LogP) is 5.17. The normalized spacial score (nSPS) is 13.4. The van der Waals surface area contributed by atoms with Gasteiger partial charge in [0.25, 0.3) is 5.91 Å². The molecule has 1 aliphatic heterocycles. The number of aryl methyl sites for hydroxylation is 1. The maximum absolute atomic E-state index is 13.7. The summed E-state index contributed by atoms with van der Waals surface area (Å²) in [6.45, 7) is 2.70. The van der Waals surface area contributed by atoms with Crippen LogP contribution in [0, 0.1) is 6.92 Å². The number of benzene rings is 2. The van der Waals surface area contributed by atoms with E-state index in [-0.39, 0.29) is 18.3 Å². The number of carbonyl (C=O) groups excluding carboxylic acids is 1. The Kier molecular flexibility index (Phi) is 6.59. The van der Waals surface area contributed by atoms with Crippen LogP contribution in [-0.2, 0) is 19.2 Å². The second-order valence-electron chi connectivity index (χ2n) is 9.26. The van der Waals surface area contributed by atoms with E-state index < -0.39 is 23.4 Å². The zero-order chi connectivity index (χ0) is 27.9. The molecule has 1 N–H and O–H groups in total. The summed E-state index contributed by atoms with van der Waals surface area (Å²) in [5.41, 5.74) is 1.86. The Morgan fingerprint density at radius 1 is 1.10 bits per heavy atom. The molecule has 0 fully saturated rings. The number of aromatic carboxylic acids is 1. The van der Waals surface area contributed by atoms with E-state index in [0.29, 0.717) is 40.0 Å². The lowest BCUT2D eigenvalue weighted by Crippen LogP contribution is -2.34. The minimum absolute atomic E-state index is 0.0168. The van der Waals surface area contributed by atoms with Crippen LogP contribution in [0.1, 0.15) is 43.1 Å². The molecule has 1 amide bonds. The summed E-state index contributed by atoms with van der Waals surface area (Å²) in [5.74, 6) is -1.49. The summed E-state index contributed by atoms with van der Waals surface area (Å²) < 4.78 is 47.8. The molecule has 200 valence electrons. The number of rotatable bonds is 6. The number of nitrogens with zero attached hydrogens (tertiary/aromatic N) is 4. The number of aromatic nitrogens is 3. The Morgan fingerprint density at radius 2 is 1.90 bits per heavy atom. The Labute approximate surface area is 221 Å². The third-order valence-electron chi connectivity index (χ3n) is 6.49. The van der Waals surface area contributed by atoms with Gasteiger partial charge in [-0.1, -0.05) is 29.8 Å². The second kappa shape index (κ2) is 9.90. The van der Waals surface area contributed by atoms with Gasteiger partial charge < -0.3 is 14.7 Å². The summed E-state index contributed by atoms with van der Waals surface area (Å²) in [6.07, 6.45) is -3.56. The monoisotopic (exact) mass is 536 g/mol. The molecule has 8 nitrogen and oxygen atoms in total. The largest absolute Gasteiger partial charge is 0.488 e. The van der Waals surface area contributed by atoms with Crippen LogP contribution in [0.3, 0.4) is 0 Å². The van der Waals surface area contributed by atoms with Crippen molar-refractivity contribution in [3.05, 3.63) is 94.3 Å². The first-order valence-electron chi connectivity index (χ1n) is 12.0. The number of hydrogen-bond donors (Lipinski definition) is 1. The van der Waals surface area contributed by atoms with Crippen LogP contribution >= 0.6 is 0 Å². The first-order chi connectivity index (χ1) is 18.5. The molecule has 2 aromatic heterocycles. The van der Waals surface area contributed by atoms with Crippen molar-refractivity contribution in [1.29, 1.82) is 0 Å². The third kappa shape index (κ3) is 5.07. The Bertz CT molecular complexity index is 1600. The van der Waals surface area contributed by atoms with Gasteiger partial charge in [-0.05, 0) is 54.8 Å². The molecule has 1 aliphatic rings. The Morgan fingerprint density at radius 3 is 2.64 bits per heavy atom. The standard InChI is InChI=1S/C28H23F3N4O4/c1-16-6-9-23(39-15-17-7-8-19-18(13-17)10-11-34(2)26(19)36)20(12-16)22-4-3-5-24(33-22)35-25(28(29,30)31)21(14-32-35)27(37)38/h3-9,12-14H,10-11,15H2,1-2H3,(H,37,38). The zero-order valence-corrected chi connectivity index (χ0v) is 21.0. The van der Waals surface area contributed by atoms with Crippen LogP contribution in [0.2, 0.25) is 0 Å². The van der Waals surface area contributed by atoms with Crippen molar-refractivity contribution in [2.45, 2.75) is 26.1 Å². The summed E-state index contributed by atoms with van der Waals surface area (Å²) in [6, 6.07) is 15.4. The highest BCUT2D eigenvalue weighted by molar-refractivity contribution is 5.96. The average molecular weight is 537 g/mol. The molecule has 39 heavy (non-hydrogen) atoms. The van der Waals surface area contributed by atoms with E-state index in [1.165, 1.54) is 12.1 Å². The quantitative estimate of drug-likeness (QED) is 0.365. The lowest BCUT2D eigenvalue weighted by Gasteiger charge is -2.25. The van der Waals surface area contributed by atoms with Gasteiger partial charge in [0.1, 0.15) is 17.9 Å². The molecule has 2 aromatic carbocycles. The number of pyridine rings is 1. The number of amides is 1. The van der Waals surface area contributed by atoms with E-state index in [1.807, 2.05) is 25.1 Å². The van der Waals surface area contributed by atoms with Gasteiger partial charge in [0.15, 0.2) is 11.5 Å². The summed E-state index contributed by atoms with van der Waals surface area (Å²) >= 11 is 0. The van der Waals surface area contributed by atoms with Crippen LogP contribution < -0.4 is 4.74 Å². The summed E-state index contributed by atoms with van der Waals surface area (Å²) in [5, 5.41) is 12.9. The van der Waals surface area contributed by atoms with Crippen molar-refractivity contribution in [3.63, 3.8) is 0 Å². The minimum atomic E-state index is -4.96. The summed E-state index contributed by atoms with van der Waals surface area (Å²) in [4.78, 5) is 29.8. The number of likely N-dealkylation sites (N-methyl/N-ethyl adjacent to an activating group) is 1. The first kappa shape index (κ1) is 26.0. The Hall–Kier alpha value is -4.67. The highest BCUT2D eigenvalue weighted by Gasteiger charge is 2.41. The van der Waals surface area contributed by atoms with Crippen molar-refractivity contribution < 1.29 is 32.6 Å². The number of carboxylic acid groups (broad SMARTS) is 1. The first-order valence-corrected chi connectivity index (χ1v) is 12.0. The molecule has 11 heteroatoms. The average Bonchev–Trinajstić information content (AvgIpc) is 3.37. The SMILES string of the molecule is Cc1ccc(OCc2ccc3c(c2)CCN(C)C3=O)c(-c2cccc(-n3ncc(C(=O)O)c3C(F)(F)F)n2)c1. The number of alkyl halides is 3. The third-order valence-corrected chi connectivity index (χ3v) is 6.49. The van der Waals surface area contributed by atoms with Crippen LogP contribution in [0.25, 0.3) is 17.1 Å². The molecule has 0 saturated heterocycles. The number of halogens is 3. The van der Waals surface area contributed by atoms with Crippen LogP contribution in [-0.4, -0.2) is 50.2 Å². The van der Waals surface area contributed by atoms with Crippen molar-refractivity contribution >= 4 is 11.9 Å². The van der Waals surface area contributed by atoms with Crippen LogP contribution in [0.5, 0.6) is 5.75 Å². The molecular weight excluding hydrogens is 513 g/mol. The second-order valence-corrected chi connectivity index (χ2v) is 9.26. The lowest BCUT2D eigenvalue weighted by molar-refractivity contribution is -0.143. The molecule has 0 atom stereocenters. The number of hydrogen-bond acceptors (Lipinski definition) is 5. The van der Waals surface area contributed by atoms with Gasteiger partial charge >= 0.3 is 12.1 Å². The van der Waals surface area contributed by atoms with Gasteiger partial charge in [-0.25, -0.2) is 14.5 Å². The molecule has 0 unspecified atom stereocenters. The van der Waals surface area contributed by atoms with E-state index in [9.17, 15) is 27.9 Å². The number of ether oxygens (including phenoxy) is 1. The minimum Gasteiger partial charge on any atom is -0.488 e. The fourth-order valence-electron chi connectivity index (χ4n) is 4.52. The van der Waals surface area contributed by atoms with Gasteiger partial charge in [0, 0.05) is 24.7 Å². The zero-order valence-electron chi connectivity index (χ0n) is 21.0. The maximum atomic E-state index is 13.7. The van der Waals surface area contributed by atoms with E-state index >= 15 is 0 Å². The molecule has 0 aliphatic carbocycles. The van der Waals surface area contributed by atoms with Gasteiger partial charge in [-0.3, -0.25) is 4.79 Å². The van der Waals surface area contributed by atoms with Gasteiger partial charge in [0.2, 0.25) is 0 Å². The fraction of sp³-hybridized carbons (Fsp3) is 0.214.